The van der Waals surface area contributed by atoms with Crippen LogP contribution in [0.5, 0.6) is 0 Å². The zero-order chi connectivity index (χ0) is 24.3. The second-order valence-corrected chi connectivity index (χ2v) is 10.4. The first-order valence-electron chi connectivity index (χ1n) is 9.98. The average molecular weight is 507 g/mol. The molecule has 3 aromatic rings. The van der Waals surface area contributed by atoms with Crippen LogP contribution in [-0.4, -0.2) is 37.9 Å². The molecule has 10 heteroatoms. The van der Waals surface area contributed by atoms with Crippen molar-refractivity contribution in [3.05, 3.63) is 81.1 Å². The summed E-state index contributed by atoms with van der Waals surface area (Å²) < 4.78 is 27.5. The van der Waals surface area contributed by atoms with Gasteiger partial charge >= 0.3 is 0 Å². The lowest BCUT2D eigenvalue weighted by atomic mass is 10.2. The molecule has 0 unspecified atom stereocenters. The number of rotatable bonds is 7. The van der Waals surface area contributed by atoms with E-state index in [1.165, 1.54) is 6.21 Å². The maximum absolute atomic E-state index is 12.5. The number of nitrogens with zero attached hydrogens (tertiary/aromatic N) is 3. The molecule has 0 saturated carbocycles. The Bertz CT molecular complexity index is 1330. The number of anilines is 1. The van der Waals surface area contributed by atoms with Crippen molar-refractivity contribution in [3.8, 4) is 5.69 Å². The lowest BCUT2D eigenvalue weighted by Gasteiger charge is -2.23. The molecule has 3 rings (SSSR count). The predicted octanol–water partition coefficient (Wildman–Crippen LogP) is 4.63. The molecule has 0 saturated heterocycles. The quantitative estimate of drug-likeness (QED) is 0.374. The molecule has 2 aromatic carbocycles. The van der Waals surface area contributed by atoms with Gasteiger partial charge in [-0.1, -0.05) is 41.4 Å². The maximum Gasteiger partial charge on any atom is 0.260 e. The summed E-state index contributed by atoms with van der Waals surface area (Å²) in [6, 6.07) is 14.1. The summed E-state index contributed by atoms with van der Waals surface area (Å²) in [5.41, 5.74) is 6.87. The van der Waals surface area contributed by atoms with E-state index < -0.39 is 22.5 Å². The molecule has 7 nitrogen and oxygen atoms in total. The van der Waals surface area contributed by atoms with Crippen molar-refractivity contribution in [2.45, 2.75) is 20.8 Å². The molecule has 0 aliphatic rings. The fourth-order valence-corrected chi connectivity index (χ4v) is 4.79. The van der Waals surface area contributed by atoms with E-state index in [-0.39, 0.29) is 0 Å². The Balaban J connectivity index is 1.78. The molecule has 0 spiro atoms. The van der Waals surface area contributed by atoms with E-state index in [4.69, 9.17) is 23.2 Å². The van der Waals surface area contributed by atoms with E-state index in [0.29, 0.717) is 15.7 Å². The Kier molecular flexibility index (Phi) is 7.51. The lowest BCUT2D eigenvalue weighted by Crippen LogP contribution is -2.39. The van der Waals surface area contributed by atoms with Gasteiger partial charge in [-0.15, -0.1) is 0 Å². The first-order valence-corrected chi connectivity index (χ1v) is 12.6. The maximum atomic E-state index is 12.5. The molecule has 1 amide bonds. The Morgan fingerprint density at radius 2 is 1.82 bits per heavy atom. The minimum absolute atomic E-state index is 0.391. The third-order valence-electron chi connectivity index (χ3n) is 5.08. The van der Waals surface area contributed by atoms with Crippen molar-refractivity contribution in [1.29, 1.82) is 0 Å². The van der Waals surface area contributed by atoms with E-state index in [1.54, 1.807) is 49.4 Å². The van der Waals surface area contributed by atoms with Crippen LogP contribution in [0.4, 0.5) is 5.69 Å². The molecule has 0 radical (unpaired) electrons. The average Bonchev–Trinajstić information content (AvgIpc) is 3.01. The number of hydrogen-bond donors (Lipinski definition) is 1. The van der Waals surface area contributed by atoms with Gasteiger partial charge in [0.1, 0.15) is 6.54 Å². The van der Waals surface area contributed by atoms with Gasteiger partial charge in [-0.05, 0) is 56.7 Å². The van der Waals surface area contributed by atoms with Gasteiger partial charge in [0.15, 0.2) is 0 Å². The summed E-state index contributed by atoms with van der Waals surface area (Å²) in [6.45, 7) is 5.22. The van der Waals surface area contributed by atoms with E-state index in [2.05, 4.69) is 10.5 Å². The van der Waals surface area contributed by atoms with Crippen molar-refractivity contribution in [3.63, 3.8) is 0 Å². The molecule has 1 heterocycles. The van der Waals surface area contributed by atoms with E-state index in [9.17, 15) is 13.2 Å². The number of aryl methyl sites for hydroxylation is 2. The van der Waals surface area contributed by atoms with Gasteiger partial charge in [-0.2, -0.15) is 5.10 Å². The fraction of sp³-hybridized carbons (Fsp3) is 0.217. The van der Waals surface area contributed by atoms with Crippen molar-refractivity contribution in [2.24, 2.45) is 5.10 Å². The molecule has 33 heavy (non-hydrogen) atoms. The van der Waals surface area contributed by atoms with E-state index in [0.717, 1.165) is 38.8 Å². The summed E-state index contributed by atoms with van der Waals surface area (Å²) in [7, 11) is -3.67. The molecule has 1 aromatic heterocycles. The molecule has 0 fully saturated rings. The lowest BCUT2D eigenvalue weighted by molar-refractivity contribution is -0.119. The van der Waals surface area contributed by atoms with Crippen molar-refractivity contribution >= 4 is 51.0 Å². The largest absolute Gasteiger partial charge is 0.316 e. The number of carbonyl (C=O) groups is 1. The number of nitrogens with one attached hydrogen (secondary N) is 1. The van der Waals surface area contributed by atoms with Crippen LogP contribution in [-0.2, 0) is 14.8 Å². The van der Waals surface area contributed by atoms with Crippen LogP contribution in [0.1, 0.15) is 22.5 Å². The first-order chi connectivity index (χ1) is 15.5. The van der Waals surface area contributed by atoms with Gasteiger partial charge in [0, 0.05) is 22.0 Å². The highest BCUT2D eigenvalue weighted by atomic mass is 35.5. The van der Waals surface area contributed by atoms with E-state index >= 15 is 0 Å². The Morgan fingerprint density at radius 1 is 1.12 bits per heavy atom. The van der Waals surface area contributed by atoms with Gasteiger partial charge in [-0.3, -0.25) is 9.10 Å². The van der Waals surface area contributed by atoms with Crippen LogP contribution >= 0.6 is 23.2 Å². The van der Waals surface area contributed by atoms with Crippen LogP contribution in [0.15, 0.2) is 53.6 Å². The molecule has 0 aliphatic heterocycles. The predicted molar refractivity (Wildman–Crippen MR) is 134 cm³/mol. The van der Waals surface area contributed by atoms with Crippen LogP contribution in [0.3, 0.4) is 0 Å². The van der Waals surface area contributed by atoms with Crippen molar-refractivity contribution in [2.75, 3.05) is 17.1 Å². The number of benzene rings is 2. The van der Waals surface area contributed by atoms with Crippen LogP contribution in [0.2, 0.25) is 10.0 Å². The van der Waals surface area contributed by atoms with Gasteiger partial charge < -0.3 is 4.57 Å². The summed E-state index contributed by atoms with van der Waals surface area (Å²) in [5, 5.41) is 5.14. The highest BCUT2D eigenvalue weighted by molar-refractivity contribution is 7.92. The van der Waals surface area contributed by atoms with Crippen LogP contribution < -0.4 is 9.73 Å². The number of halogens is 2. The Labute approximate surface area is 203 Å². The molecular weight excluding hydrogens is 483 g/mol. The van der Waals surface area contributed by atoms with E-state index in [1.807, 2.05) is 24.5 Å². The molecule has 174 valence electrons. The monoisotopic (exact) mass is 506 g/mol. The second kappa shape index (κ2) is 9.99. The second-order valence-electron chi connectivity index (χ2n) is 7.61. The molecule has 0 aliphatic carbocycles. The fourth-order valence-electron chi connectivity index (χ4n) is 3.51. The number of hydrazone groups is 1. The number of sulfonamides is 1. The van der Waals surface area contributed by atoms with Gasteiger partial charge in [-0.25, -0.2) is 13.8 Å². The Hall–Kier alpha value is -2.81. The van der Waals surface area contributed by atoms with Crippen LogP contribution in [0, 0.1) is 20.8 Å². The van der Waals surface area contributed by atoms with Gasteiger partial charge in [0.05, 0.1) is 28.9 Å². The zero-order valence-electron chi connectivity index (χ0n) is 18.6. The summed E-state index contributed by atoms with van der Waals surface area (Å²) in [6.07, 6.45) is 2.57. The number of aromatic nitrogens is 1. The van der Waals surface area contributed by atoms with Crippen molar-refractivity contribution < 1.29 is 13.2 Å². The SMILES string of the molecule is Cc1ccccc1N(CC(=O)N/N=C/c1cc(C)n(-c2cc(Cl)ccc2Cl)c1C)S(C)(=O)=O. The highest BCUT2D eigenvalue weighted by Gasteiger charge is 2.22. The standard InChI is InChI=1S/C23H24Cl2N4O3S/c1-15-7-5-6-8-21(15)28(33(4,31)32)14-23(30)27-26-13-18-11-16(2)29(17(18)3)22-12-19(24)9-10-20(22)25/h5-13H,14H2,1-4H3,(H,27,30)/b26-13+. The zero-order valence-corrected chi connectivity index (χ0v) is 21.0. The minimum atomic E-state index is -3.67. The Morgan fingerprint density at radius 3 is 2.48 bits per heavy atom. The number of hydrogen-bond acceptors (Lipinski definition) is 4. The third kappa shape index (κ3) is 5.76. The summed E-state index contributed by atoms with van der Waals surface area (Å²) >= 11 is 12.5. The summed E-state index contributed by atoms with van der Waals surface area (Å²) in [5.74, 6) is -0.563. The summed E-state index contributed by atoms with van der Waals surface area (Å²) in [4.78, 5) is 12.5. The molecule has 0 atom stereocenters. The van der Waals surface area contributed by atoms with Crippen LogP contribution in [0.25, 0.3) is 5.69 Å². The number of carbonyl (C=O) groups excluding carboxylic acids is 1. The third-order valence-corrected chi connectivity index (χ3v) is 6.77. The molecular formula is C23H24Cl2N4O3S. The first kappa shape index (κ1) is 24.8. The smallest absolute Gasteiger partial charge is 0.260 e. The number of para-hydroxylation sites is 1. The van der Waals surface area contributed by atoms with Gasteiger partial charge in [0.25, 0.3) is 5.91 Å². The van der Waals surface area contributed by atoms with Gasteiger partial charge in [0.2, 0.25) is 10.0 Å². The highest BCUT2D eigenvalue weighted by Crippen LogP contribution is 2.28. The number of amides is 1. The topological polar surface area (TPSA) is 83.8 Å². The molecule has 0 bridgehead atoms. The van der Waals surface area contributed by atoms with Crippen molar-refractivity contribution in [1.82, 2.24) is 9.99 Å². The molecule has 1 N–H and O–H groups in total. The normalized spacial score (nSPS) is 11.7. The minimum Gasteiger partial charge on any atom is -0.316 e.